The topological polar surface area (TPSA) is 52.6 Å². The molecule has 1 aliphatic rings. The first-order valence-electron chi connectivity index (χ1n) is 8.45. The average molecular weight is 284 g/mol. The lowest BCUT2D eigenvalue weighted by atomic mass is 10.0. The van der Waals surface area contributed by atoms with Crippen molar-refractivity contribution in [3.05, 3.63) is 0 Å². The Labute approximate surface area is 123 Å². The van der Waals surface area contributed by atoms with Gasteiger partial charge >= 0.3 is 0 Å². The van der Waals surface area contributed by atoms with Gasteiger partial charge in [0.05, 0.1) is 12.5 Å². The van der Waals surface area contributed by atoms with Crippen LogP contribution in [0.25, 0.3) is 0 Å². The van der Waals surface area contributed by atoms with Crippen LogP contribution in [0.5, 0.6) is 0 Å². The zero-order valence-corrected chi connectivity index (χ0v) is 13.1. The third-order valence-corrected chi connectivity index (χ3v) is 3.95. The van der Waals surface area contributed by atoms with Crippen molar-refractivity contribution in [3.8, 4) is 0 Å². The molecule has 1 unspecified atom stereocenters. The SMILES string of the molecule is CCCCCCCCCC(O)CC(=O)NN1CCCC1. The predicted octanol–water partition coefficient (Wildman–Crippen LogP) is 3.01. The zero-order valence-electron chi connectivity index (χ0n) is 13.1. The molecule has 0 saturated carbocycles. The molecule has 0 bridgehead atoms. The lowest BCUT2D eigenvalue weighted by Gasteiger charge is -2.17. The van der Waals surface area contributed by atoms with Crippen molar-refractivity contribution in [2.75, 3.05) is 13.1 Å². The van der Waals surface area contributed by atoms with Gasteiger partial charge in [0.25, 0.3) is 0 Å². The van der Waals surface area contributed by atoms with Crippen molar-refractivity contribution < 1.29 is 9.90 Å². The van der Waals surface area contributed by atoms with Crippen molar-refractivity contribution in [2.45, 2.75) is 83.7 Å². The van der Waals surface area contributed by atoms with Gasteiger partial charge in [-0.2, -0.15) is 0 Å². The van der Waals surface area contributed by atoms with E-state index in [1.165, 1.54) is 38.5 Å². The fourth-order valence-corrected chi connectivity index (χ4v) is 2.70. The largest absolute Gasteiger partial charge is 0.393 e. The van der Waals surface area contributed by atoms with Gasteiger partial charge in [0, 0.05) is 13.1 Å². The summed E-state index contributed by atoms with van der Waals surface area (Å²) in [7, 11) is 0. The number of hydrogen-bond donors (Lipinski definition) is 2. The van der Waals surface area contributed by atoms with Gasteiger partial charge in [-0.25, -0.2) is 5.01 Å². The van der Waals surface area contributed by atoms with Gasteiger partial charge in [0.2, 0.25) is 5.91 Å². The van der Waals surface area contributed by atoms with Crippen LogP contribution in [0, 0.1) is 0 Å². The number of aliphatic hydroxyl groups is 1. The fraction of sp³-hybridized carbons (Fsp3) is 0.938. The van der Waals surface area contributed by atoms with Crippen molar-refractivity contribution in [3.63, 3.8) is 0 Å². The Morgan fingerprint density at radius 3 is 2.35 bits per heavy atom. The molecule has 1 saturated heterocycles. The Balaban J connectivity index is 1.93. The van der Waals surface area contributed by atoms with E-state index in [2.05, 4.69) is 12.3 Å². The molecule has 4 heteroatoms. The number of hydrogen-bond acceptors (Lipinski definition) is 3. The predicted molar refractivity (Wildman–Crippen MR) is 82.2 cm³/mol. The summed E-state index contributed by atoms with van der Waals surface area (Å²) in [4.78, 5) is 11.7. The molecule has 1 amide bonds. The molecule has 118 valence electrons. The van der Waals surface area contributed by atoms with Crippen LogP contribution in [0.2, 0.25) is 0 Å². The lowest BCUT2D eigenvalue weighted by molar-refractivity contribution is -0.127. The van der Waals surface area contributed by atoms with E-state index in [0.717, 1.165) is 38.8 Å². The van der Waals surface area contributed by atoms with Gasteiger partial charge in [-0.05, 0) is 19.3 Å². The highest BCUT2D eigenvalue weighted by molar-refractivity contribution is 5.75. The molecular formula is C16H32N2O2. The molecule has 0 aromatic rings. The quantitative estimate of drug-likeness (QED) is 0.573. The number of nitrogens with one attached hydrogen (secondary N) is 1. The number of carbonyl (C=O) groups excluding carboxylic acids is 1. The number of amides is 1. The van der Waals surface area contributed by atoms with E-state index in [9.17, 15) is 9.90 Å². The van der Waals surface area contributed by atoms with E-state index >= 15 is 0 Å². The van der Waals surface area contributed by atoms with Gasteiger partial charge in [-0.3, -0.25) is 10.2 Å². The van der Waals surface area contributed by atoms with E-state index in [1.807, 2.05) is 5.01 Å². The number of hydrazine groups is 1. The number of nitrogens with zero attached hydrogens (tertiary/aromatic N) is 1. The average Bonchev–Trinajstić information content (AvgIpc) is 2.90. The number of carbonyl (C=O) groups is 1. The molecule has 0 radical (unpaired) electrons. The smallest absolute Gasteiger partial charge is 0.236 e. The van der Waals surface area contributed by atoms with Gasteiger partial charge in [0.15, 0.2) is 0 Å². The van der Waals surface area contributed by atoms with Crippen LogP contribution < -0.4 is 5.43 Å². The molecule has 0 spiro atoms. The summed E-state index contributed by atoms with van der Waals surface area (Å²) >= 11 is 0. The van der Waals surface area contributed by atoms with Crippen LogP contribution in [0.3, 0.4) is 0 Å². The third kappa shape index (κ3) is 8.54. The van der Waals surface area contributed by atoms with Crippen LogP contribution in [0.4, 0.5) is 0 Å². The standard InChI is InChI=1S/C16H32N2O2/c1-2-3-4-5-6-7-8-11-15(19)14-16(20)17-18-12-9-10-13-18/h15,19H,2-14H2,1H3,(H,17,20). The van der Waals surface area contributed by atoms with Crippen LogP contribution in [0.1, 0.15) is 77.6 Å². The summed E-state index contributed by atoms with van der Waals surface area (Å²) in [5, 5.41) is 11.8. The monoisotopic (exact) mass is 284 g/mol. The molecule has 20 heavy (non-hydrogen) atoms. The molecule has 2 N–H and O–H groups in total. The second-order valence-corrected chi connectivity index (χ2v) is 6.00. The summed E-state index contributed by atoms with van der Waals surface area (Å²) in [5.41, 5.74) is 2.87. The normalized spacial score (nSPS) is 17.3. The van der Waals surface area contributed by atoms with Crippen LogP contribution in [-0.2, 0) is 4.79 Å². The van der Waals surface area contributed by atoms with Gasteiger partial charge < -0.3 is 5.11 Å². The second-order valence-electron chi connectivity index (χ2n) is 6.00. The van der Waals surface area contributed by atoms with Gasteiger partial charge in [-0.1, -0.05) is 51.9 Å². The molecule has 0 aliphatic carbocycles. The number of rotatable bonds is 11. The molecule has 1 heterocycles. The number of unbranched alkanes of at least 4 members (excludes halogenated alkanes) is 6. The summed E-state index contributed by atoms with van der Waals surface area (Å²) in [6.07, 6.45) is 11.5. The van der Waals surface area contributed by atoms with E-state index < -0.39 is 6.10 Å². The Bertz CT molecular complexity index is 253. The molecule has 0 aromatic heterocycles. The van der Waals surface area contributed by atoms with E-state index in [-0.39, 0.29) is 12.3 Å². The van der Waals surface area contributed by atoms with E-state index in [0.29, 0.717) is 0 Å². The summed E-state index contributed by atoms with van der Waals surface area (Å²) in [6.45, 7) is 4.11. The Morgan fingerprint density at radius 2 is 1.70 bits per heavy atom. The second kappa shape index (κ2) is 11.1. The zero-order chi connectivity index (χ0) is 14.6. The first-order chi connectivity index (χ1) is 9.72. The van der Waals surface area contributed by atoms with Gasteiger partial charge in [0.1, 0.15) is 0 Å². The Kier molecular flexibility index (Phi) is 9.67. The summed E-state index contributed by atoms with van der Waals surface area (Å²) in [5.74, 6) is -0.0395. The van der Waals surface area contributed by atoms with Crippen molar-refractivity contribution in [1.29, 1.82) is 0 Å². The van der Waals surface area contributed by atoms with Gasteiger partial charge in [-0.15, -0.1) is 0 Å². The first kappa shape index (κ1) is 17.4. The minimum atomic E-state index is -0.478. The molecule has 4 nitrogen and oxygen atoms in total. The molecule has 1 rings (SSSR count). The van der Waals surface area contributed by atoms with E-state index in [4.69, 9.17) is 0 Å². The van der Waals surface area contributed by atoms with Crippen LogP contribution >= 0.6 is 0 Å². The maximum atomic E-state index is 11.7. The minimum Gasteiger partial charge on any atom is -0.393 e. The van der Waals surface area contributed by atoms with Crippen molar-refractivity contribution in [2.24, 2.45) is 0 Å². The van der Waals surface area contributed by atoms with E-state index in [1.54, 1.807) is 0 Å². The molecule has 1 aliphatic heterocycles. The van der Waals surface area contributed by atoms with Crippen molar-refractivity contribution >= 4 is 5.91 Å². The Morgan fingerprint density at radius 1 is 1.10 bits per heavy atom. The number of aliphatic hydroxyl groups excluding tert-OH is 1. The van der Waals surface area contributed by atoms with Crippen LogP contribution in [-0.4, -0.2) is 35.2 Å². The highest BCUT2D eigenvalue weighted by atomic mass is 16.3. The molecule has 1 atom stereocenters. The molecule has 1 fully saturated rings. The highest BCUT2D eigenvalue weighted by Gasteiger charge is 2.16. The fourth-order valence-electron chi connectivity index (χ4n) is 2.70. The van der Waals surface area contributed by atoms with Crippen LogP contribution in [0.15, 0.2) is 0 Å². The summed E-state index contributed by atoms with van der Waals surface area (Å²) < 4.78 is 0. The van der Waals surface area contributed by atoms with Crippen molar-refractivity contribution in [1.82, 2.24) is 10.4 Å². The lowest BCUT2D eigenvalue weighted by Crippen LogP contribution is -2.41. The third-order valence-electron chi connectivity index (χ3n) is 3.95. The first-order valence-corrected chi connectivity index (χ1v) is 8.45. The molecular weight excluding hydrogens is 252 g/mol. The highest BCUT2D eigenvalue weighted by Crippen LogP contribution is 2.11. The molecule has 0 aromatic carbocycles. The maximum absolute atomic E-state index is 11.7. The maximum Gasteiger partial charge on any atom is 0.236 e. The Hall–Kier alpha value is -0.610. The summed E-state index contributed by atoms with van der Waals surface area (Å²) in [6, 6.07) is 0. The minimum absolute atomic E-state index is 0.0395.